The van der Waals surface area contributed by atoms with E-state index >= 15 is 0 Å². The van der Waals surface area contributed by atoms with E-state index in [1.165, 1.54) is 68.6 Å². The maximum atomic E-state index is 13.3. The molecule has 16 aromatic rings. The zero-order valence-corrected chi connectivity index (χ0v) is 62.4. The molecule has 0 saturated carbocycles. The van der Waals surface area contributed by atoms with Crippen LogP contribution in [0.1, 0.15) is 89.3 Å². The quantitative estimate of drug-likeness (QED) is 0.0523. The standard InChI is InChI=1S/C21H18N4O2S.C21H18N4OS.C20H15ClN4OS.C20H15FN4OS/c1-27-17-9-5-6-15(12-17)13-18-14-22-21(28-18)23-20(26)19-10-11-25(24-19)16-7-3-2-4-8-16;1-15-6-5-7-16(12-15)13-18-14-22-21(27-18)23-20(26)19-10-11-25(24-19)17-8-3-2-4-9-17;21-17-9-5-4-6-14(17)12-16-13-22-20(27-16)23-19(26)18-10-11-25(24-18)15-7-2-1-3-8-15;21-15-6-4-5-14(11-15)12-17-13-22-20(27-17)23-19(26)18-9-10-25(24-18)16-7-2-1-3-8-16/h2-12,14H,13H2,1H3,(H,22,23,26);2-12,14H,13H2,1H3,(H,22,23,26);2*1-11,13H,12H2,(H,22,23,26). The average molecular weight is 1540 g/mol. The van der Waals surface area contributed by atoms with Crippen LogP contribution in [0.2, 0.25) is 5.02 Å². The molecule has 8 aromatic carbocycles. The Labute approximate surface area is 646 Å². The number of ether oxygens (including phenoxy) is 1. The van der Waals surface area contributed by atoms with Gasteiger partial charge in [0.1, 0.15) is 11.6 Å². The summed E-state index contributed by atoms with van der Waals surface area (Å²) in [6.07, 6.45) is 16.8. The first-order valence-corrected chi connectivity index (χ1v) is 37.5. The summed E-state index contributed by atoms with van der Waals surface area (Å²) >= 11 is 11.9. The molecule has 0 unspecified atom stereocenters. The predicted molar refractivity (Wildman–Crippen MR) is 428 cm³/mol. The van der Waals surface area contributed by atoms with Gasteiger partial charge in [-0.2, -0.15) is 20.4 Å². The van der Waals surface area contributed by atoms with Gasteiger partial charge in [0.05, 0.1) is 29.9 Å². The summed E-state index contributed by atoms with van der Waals surface area (Å²) in [6.45, 7) is 2.08. The molecule has 16 rings (SSSR count). The first-order valence-electron chi connectivity index (χ1n) is 33.9. The monoisotopic (exact) mass is 1540 g/mol. The summed E-state index contributed by atoms with van der Waals surface area (Å²) in [5.41, 5.74) is 10.4. The predicted octanol–water partition coefficient (Wildman–Crippen LogP) is 17.8. The van der Waals surface area contributed by atoms with Crippen molar-refractivity contribution < 1.29 is 28.3 Å². The highest BCUT2D eigenvalue weighted by molar-refractivity contribution is 7.16. The van der Waals surface area contributed by atoms with Crippen molar-refractivity contribution in [3.8, 4) is 28.5 Å². The van der Waals surface area contributed by atoms with Crippen LogP contribution >= 0.6 is 56.9 Å². The van der Waals surface area contributed by atoms with E-state index in [4.69, 9.17) is 16.3 Å². The van der Waals surface area contributed by atoms with Gasteiger partial charge >= 0.3 is 0 Å². The van der Waals surface area contributed by atoms with Gasteiger partial charge in [0, 0.05) is 99.8 Å². The first kappa shape index (κ1) is 74.3. The molecule has 8 heterocycles. The van der Waals surface area contributed by atoms with Gasteiger partial charge in [-0.1, -0.05) is 157 Å². The number of aryl methyl sites for hydroxylation is 1. The Morgan fingerprint density at radius 2 is 0.697 bits per heavy atom. The third-order valence-corrected chi connectivity index (χ3v) is 20.0. The average Bonchev–Trinajstić information content (AvgIpc) is 1.72. The lowest BCUT2D eigenvalue weighted by atomic mass is 10.1. The number of thiazole rings is 4. The van der Waals surface area contributed by atoms with Crippen LogP contribution in [0.25, 0.3) is 22.7 Å². The Morgan fingerprint density at radius 1 is 0.376 bits per heavy atom. The van der Waals surface area contributed by atoms with Crippen molar-refractivity contribution in [2.24, 2.45) is 0 Å². The fraction of sp³-hybridized carbons (Fsp3) is 0.0732. The van der Waals surface area contributed by atoms with E-state index in [0.29, 0.717) is 56.1 Å². The van der Waals surface area contributed by atoms with Crippen LogP contribution in [0.15, 0.2) is 292 Å². The highest BCUT2D eigenvalue weighted by Crippen LogP contribution is 2.29. The molecule has 109 heavy (non-hydrogen) atoms. The molecule has 21 nitrogen and oxygen atoms in total. The highest BCUT2D eigenvalue weighted by Gasteiger charge is 2.19. The van der Waals surface area contributed by atoms with Crippen molar-refractivity contribution in [3.63, 3.8) is 0 Å². The zero-order chi connectivity index (χ0) is 75.3. The molecule has 0 aliphatic carbocycles. The van der Waals surface area contributed by atoms with Crippen LogP contribution in [0.5, 0.6) is 5.75 Å². The van der Waals surface area contributed by atoms with E-state index in [-0.39, 0.29) is 29.4 Å². The zero-order valence-electron chi connectivity index (χ0n) is 58.3. The van der Waals surface area contributed by atoms with Crippen molar-refractivity contribution in [3.05, 3.63) is 373 Å². The molecule has 0 radical (unpaired) electrons. The number of methoxy groups -OCH3 is 1. The number of carbonyl (C=O) groups is 4. The summed E-state index contributed by atoms with van der Waals surface area (Å²) in [6, 6.07) is 75.7. The van der Waals surface area contributed by atoms with Gasteiger partial charge in [0.25, 0.3) is 23.6 Å². The van der Waals surface area contributed by atoms with Gasteiger partial charge in [-0.25, -0.2) is 43.1 Å². The molecule has 4 N–H and O–H groups in total. The smallest absolute Gasteiger partial charge is 0.277 e. The molecular formula is C82H66ClFN16O5S4. The van der Waals surface area contributed by atoms with E-state index in [2.05, 4.69) is 92.8 Å². The second-order valence-electron chi connectivity index (χ2n) is 24.0. The third-order valence-electron chi connectivity index (χ3n) is 16.0. The number of nitrogens with one attached hydrogen (secondary N) is 4. The lowest BCUT2D eigenvalue weighted by Crippen LogP contribution is -2.12. The Balaban J connectivity index is 0.000000128. The van der Waals surface area contributed by atoms with Gasteiger partial charge in [-0.15, -0.1) is 45.3 Å². The van der Waals surface area contributed by atoms with Crippen molar-refractivity contribution in [1.82, 2.24) is 59.1 Å². The first-order chi connectivity index (χ1) is 53.2. The summed E-state index contributed by atoms with van der Waals surface area (Å²) in [5, 5.41) is 31.4. The molecule has 0 fully saturated rings. The lowest BCUT2D eigenvalue weighted by Gasteiger charge is -2.02. The normalized spacial score (nSPS) is 10.7. The van der Waals surface area contributed by atoms with Crippen LogP contribution in [0.4, 0.5) is 24.9 Å². The van der Waals surface area contributed by atoms with Crippen molar-refractivity contribution in [1.29, 1.82) is 0 Å². The number of halogens is 2. The van der Waals surface area contributed by atoms with E-state index in [9.17, 15) is 23.6 Å². The highest BCUT2D eigenvalue weighted by atomic mass is 35.5. The summed E-state index contributed by atoms with van der Waals surface area (Å²) < 4.78 is 25.2. The van der Waals surface area contributed by atoms with Crippen LogP contribution in [-0.2, 0) is 25.7 Å². The number of para-hydroxylation sites is 4. The number of nitrogens with zero attached hydrogens (tertiary/aromatic N) is 12. The van der Waals surface area contributed by atoms with Gasteiger partial charge in [-0.05, 0) is 132 Å². The summed E-state index contributed by atoms with van der Waals surface area (Å²) in [4.78, 5) is 71.0. The summed E-state index contributed by atoms with van der Waals surface area (Å²) in [5.74, 6) is -0.596. The van der Waals surface area contributed by atoms with Crippen LogP contribution < -0.4 is 26.0 Å². The molecule has 0 atom stereocenters. The fourth-order valence-corrected chi connectivity index (χ4v) is 14.4. The van der Waals surface area contributed by atoms with Crippen molar-refractivity contribution in [2.45, 2.75) is 32.6 Å². The second kappa shape index (κ2) is 36.3. The second-order valence-corrected chi connectivity index (χ2v) is 28.9. The van der Waals surface area contributed by atoms with Crippen molar-refractivity contribution >= 4 is 101 Å². The van der Waals surface area contributed by atoms with E-state index < -0.39 is 0 Å². The Bertz CT molecular complexity index is 5530. The number of amides is 4. The molecule has 0 spiro atoms. The number of hydrogen-bond donors (Lipinski definition) is 4. The molecule has 0 aliphatic rings. The number of aromatic nitrogens is 12. The number of rotatable bonds is 21. The van der Waals surface area contributed by atoms with E-state index in [1.54, 1.807) is 99.5 Å². The SMILES string of the molecule is COc1cccc(Cc2cnc(NC(=O)c3ccn(-c4ccccc4)n3)s2)c1.Cc1cccc(Cc2cnc(NC(=O)c3ccn(-c4ccccc4)n3)s2)c1.O=C(Nc1ncc(Cc2cccc(F)c2)s1)c1ccn(-c2ccccc2)n1.O=C(Nc1ncc(Cc2ccccc2Cl)s1)c1ccn(-c2ccccc2)n1. The van der Waals surface area contributed by atoms with Crippen LogP contribution in [0, 0.1) is 12.7 Å². The Kier molecular flexibility index (Phi) is 24.8. The fourth-order valence-electron chi connectivity index (χ4n) is 10.8. The Hall–Kier alpha value is -13.0. The minimum absolute atomic E-state index is 0.263. The molecule has 0 saturated heterocycles. The van der Waals surface area contributed by atoms with Crippen LogP contribution in [0.3, 0.4) is 0 Å². The number of carbonyl (C=O) groups excluding carboxylic acids is 4. The molecular weight excluding hydrogens is 1470 g/mol. The summed E-state index contributed by atoms with van der Waals surface area (Å²) in [7, 11) is 1.65. The Morgan fingerprint density at radius 3 is 1.05 bits per heavy atom. The number of anilines is 4. The third kappa shape index (κ3) is 21.0. The maximum absolute atomic E-state index is 13.3. The van der Waals surface area contributed by atoms with E-state index in [1.807, 2.05) is 182 Å². The number of benzene rings is 8. The van der Waals surface area contributed by atoms with Gasteiger partial charge < -0.3 is 4.74 Å². The number of hydrogen-bond acceptors (Lipinski definition) is 17. The van der Waals surface area contributed by atoms with Crippen molar-refractivity contribution in [2.75, 3.05) is 28.4 Å². The van der Waals surface area contributed by atoms with Crippen LogP contribution in [-0.4, -0.2) is 89.8 Å². The molecule has 542 valence electrons. The minimum atomic E-state index is -0.323. The lowest BCUT2D eigenvalue weighted by molar-refractivity contribution is 0.101. The molecule has 8 aromatic heterocycles. The molecule has 0 aliphatic heterocycles. The minimum Gasteiger partial charge on any atom is -0.497 e. The van der Waals surface area contributed by atoms with E-state index in [0.717, 1.165) is 82.6 Å². The molecule has 0 bridgehead atoms. The van der Waals surface area contributed by atoms with Gasteiger partial charge in [0.15, 0.2) is 43.3 Å². The largest absolute Gasteiger partial charge is 0.497 e. The topological polar surface area (TPSA) is 248 Å². The molecule has 27 heteroatoms. The van der Waals surface area contributed by atoms with Gasteiger partial charge in [0.2, 0.25) is 0 Å². The van der Waals surface area contributed by atoms with Gasteiger partial charge in [-0.3, -0.25) is 40.4 Å². The molecule has 4 amide bonds. The maximum Gasteiger partial charge on any atom is 0.277 e.